The van der Waals surface area contributed by atoms with Crippen LogP contribution < -0.4 is 9.47 Å². The Kier molecular flexibility index (Phi) is 4.48. The quantitative estimate of drug-likeness (QED) is 0.288. The van der Waals surface area contributed by atoms with Crippen molar-refractivity contribution in [2.24, 2.45) is 0 Å². The number of hydrogen-bond donors (Lipinski definition) is 0. The van der Waals surface area contributed by atoms with Crippen LogP contribution in [0.5, 0.6) is 11.5 Å². The molecule has 0 N–H and O–H groups in total. The van der Waals surface area contributed by atoms with E-state index in [4.69, 9.17) is 19.4 Å². The van der Waals surface area contributed by atoms with Gasteiger partial charge in [-0.3, -0.25) is 9.13 Å². The minimum Gasteiger partial charge on any atom is -0.497 e. The fourth-order valence-electron chi connectivity index (χ4n) is 5.08. The average molecular weight is 471 g/mol. The lowest BCUT2D eigenvalue weighted by atomic mass is 10.2. The summed E-state index contributed by atoms with van der Waals surface area (Å²) in [5.74, 6) is 1.59. The van der Waals surface area contributed by atoms with Crippen LogP contribution in [0.2, 0.25) is 0 Å². The third kappa shape index (κ3) is 2.91. The molecule has 174 valence electrons. The molecule has 0 atom stereocenters. The third-order valence-corrected chi connectivity index (χ3v) is 6.71. The molecule has 7 rings (SSSR count). The molecule has 36 heavy (non-hydrogen) atoms. The Balaban J connectivity index is 1.64. The van der Waals surface area contributed by atoms with Gasteiger partial charge in [-0.15, -0.1) is 0 Å². The van der Waals surface area contributed by atoms with Crippen LogP contribution in [0.4, 0.5) is 0 Å². The van der Waals surface area contributed by atoms with Gasteiger partial charge in [-0.2, -0.15) is 0 Å². The first kappa shape index (κ1) is 20.5. The lowest BCUT2D eigenvalue weighted by Crippen LogP contribution is -1.99. The summed E-state index contributed by atoms with van der Waals surface area (Å²) in [4.78, 5) is 10.5. The zero-order valence-corrected chi connectivity index (χ0v) is 19.8. The number of hydrogen-bond acceptors (Lipinski definition) is 4. The average Bonchev–Trinajstić information content (AvgIpc) is 3.44. The highest BCUT2D eigenvalue weighted by Gasteiger charge is 2.21. The highest BCUT2D eigenvalue weighted by atomic mass is 16.5. The van der Waals surface area contributed by atoms with E-state index in [1.54, 1.807) is 14.2 Å². The van der Waals surface area contributed by atoms with Crippen LogP contribution in [0.3, 0.4) is 0 Å². The molecule has 0 radical (unpaired) electrons. The molecule has 6 nitrogen and oxygen atoms in total. The SMILES string of the molecule is COc1cccc(-n2c3ccccc3c3nc4c(nc32)c2ccccc2n4-c2cccc(OC)c2)c1. The molecule has 7 aromatic rings. The number of fused-ring (bicyclic) bond motifs is 6. The Hall–Kier alpha value is -4.84. The highest BCUT2D eigenvalue weighted by Crippen LogP contribution is 2.36. The van der Waals surface area contributed by atoms with Crippen LogP contribution in [0, 0.1) is 0 Å². The van der Waals surface area contributed by atoms with Crippen molar-refractivity contribution in [1.82, 2.24) is 19.1 Å². The molecule has 3 aromatic heterocycles. The molecule has 0 unspecified atom stereocenters. The largest absolute Gasteiger partial charge is 0.497 e. The standard InChI is InChI=1S/C30H22N4O2/c1-35-21-11-7-9-19(17-21)33-25-15-5-3-13-23(25)27-29(33)31-28-24-14-4-6-16-26(24)34(30(28)32-27)20-10-8-12-22(18-20)36-2/h3-18H,1-2H3. The summed E-state index contributed by atoms with van der Waals surface area (Å²) in [6.45, 7) is 0. The number of methoxy groups -OCH3 is 2. The predicted molar refractivity (Wildman–Crippen MR) is 144 cm³/mol. The maximum Gasteiger partial charge on any atom is 0.165 e. The normalized spacial score (nSPS) is 11.6. The fraction of sp³-hybridized carbons (Fsp3) is 0.0667. The lowest BCUT2D eigenvalue weighted by molar-refractivity contribution is 0.414. The molecule has 0 aliphatic rings. The van der Waals surface area contributed by atoms with E-state index in [-0.39, 0.29) is 0 Å². The molecule has 6 heteroatoms. The van der Waals surface area contributed by atoms with Crippen LogP contribution >= 0.6 is 0 Å². The number of benzene rings is 4. The smallest absolute Gasteiger partial charge is 0.165 e. The predicted octanol–water partition coefficient (Wildman–Crippen LogP) is 6.69. The zero-order valence-electron chi connectivity index (χ0n) is 19.8. The van der Waals surface area contributed by atoms with Gasteiger partial charge in [0.15, 0.2) is 11.3 Å². The van der Waals surface area contributed by atoms with Crippen molar-refractivity contribution in [3.05, 3.63) is 97.1 Å². The van der Waals surface area contributed by atoms with E-state index in [1.165, 1.54) is 0 Å². The van der Waals surface area contributed by atoms with Crippen molar-refractivity contribution in [2.45, 2.75) is 0 Å². The topological polar surface area (TPSA) is 54.1 Å². The zero-order chi connectivity index (χ0) is 24.2. The first-order valence-electron chi connectivity index (χ1n) is 11.8. The molecule has 0 saturated carbocycles. The first-order chi connectivity index (χ1) is 17.8. The van der Waals surface area contributed by atoms with Gasteiger partial charge in [0.25, 0.3) is 0 Å². The molecule has 4 aromatic carbocycles. The molecule has 0 aliphatic carbocycles. The van der Waals surface area contributed by atoms with Crippen molar-refractivity contribution in [3.63, 3.8) is 0 Å². The van der Waals surface area contributed by atoms with Crippen molar-refractivity contribution < 1.29 is 9.47 Å². The second-order valence-electron chi connectivity index (χ2n) is 8.68. The van der Waals surface area contributed by atoms with Crippen molar-refractivity contribution in [1.29, 1.82) is 0 Å². The molecule has 0 amide bonds. The van der Waals surface area contributed by atoms with Gasteiger partial charge in [-0.25, -0.2) is 9.97 Å². The van der Waals surface area contributed by atoms with E-state index < -0.39 is 0 Å². The molecular weight excluding hydrogens is 448 g/mol. The van der Waals surface area contributed by atoms with Crippen LogP contribution in [0.15, 0.2) is 97.1 Å². The molecule has 0 aliphatic heterocycles. The summed E-state index contributed by atoms with van der Waals surface area (Å²) in [7, 11) is 3.36. The third-order valence-electron chi connectivity index (χ3n) is 6.71. The number of nitrogens with zero attached hydrogens (tertiary/aromatic N) is 4. The van der Waals surface area contributed by atoms with E-state index in [1.807, 2.05) is 60.7 Å². The Labute approximate surface area is 207 Å². The van der Waals surface area contributed by atoms with Gasteiger partial charge in [0, 0.05) is 22.9 Å². The van der Waals surface area contributed by atoms with Gasteiger partial charge in [0.05, 0.1) is 36.6 Å². The van der Waals surface area contributed by atoms with Crippen LogP contribution in [0.25, 0.3) is 55.5 Å². The van der Waals surface area contributed by atoms with Crippen molar-refractivity contribution >= 4 is 44.1 Å². The number of para-hydroxylation sites is 2. The highest BCUT2D eigenvalue weighted by molar-refractivity contribution is 6.12. The van der Waals surface area contributed by atoms with Crippen molar-refractivity contribution in [3.8, 4) is 22.9 Å². The molecule has 3 heterocycles. The van der Waals surface area contributed by atoms with Crippen LogP contribution in [-0.4, -0.2) is 33.3 Å². The van der Waals surface area contributed by atoms with Gasteiger partial charge in [-0.05, 0) is 36.4 Å². The van der Waals surface area contributed by atoms with Gasteiger partial charge in [-0.1, -0.05) is 48.5 Å². The maximum absolute atomic E-state index is 5.51. The number of ether oxygens (including phenoxy) is 2. The van der Waals surface area contributed by atoms with E-state index in [2.05, 4.69) is 45.5 Å². The molecular formula is C30H22N4O2. The van der Waals surface area contributed by atoms with Gasteiger partial charge in [0.2, 0.25) is 0 Å². The minimum absolute atomic E-state index is 0.794. The summed E-state index contributed by atoms with van der Waals surface area (Å²) >= 11 is 0. The van der Waals surface area contributed by atoms with Gasteiger partial charge >= 0.3 is 0 Å². The summed E-state index contributed by atoms with van der Waals surface area (Å²) < 4.78 is 15.4. The summed E-state index contributed by atoms with van der Waals surface area (Å²) in [6, 6.07) is 32.7. The molecule has 0 spiro atoms. The van der Waals surface area contributed by atoms with E-state index in [9.17, 15) is 0 Å². The van der Waals surface area contributed by atoms with Crippen LogP contribution in [-0.2, 0) is 0 Å². The first-order valence-corrected chi connectivity index (χ1v) is 11.8. The van der Waals surface area contributed by atoms with Crippen molar-refractivity contribution in [2.75, 3.05) is 14.2 Å². The summed E-state index contributed by atoms with van der Waals surface area (Å²) in [5.41, 5.74) is 7.38. The minimum atomic E-state index is 0.794. The lowest BCUT2D eigenvalue weighted by Gasteiger charge is -2.09. The molecule has 0 fully saturated rings. The molecule has 0 saturated heterocycles. The number of aromatic nitrogens is 4. The van der Waals surface area contributed by atoms with Crippen LogP contribution in [0.1, 0.15) is 0 Å². The Morgan fingerprint density at radius 1 is 0.528 bits per heavy atom. The second-order valence-corrected chi connectivity index (χ2v) is 8.68. The maximum atomic E-state index is 5.51. The van der Waals surface area contributed by atoms with E-state index in [0.29, 0.717) is 0 Å². The molecule has 0 bridgehead atoms. The number of rotatable bonds is 4. The monoisotopic (exact) mass is 470 g/mol. The fourth-order valence-corrected chi connectivity index (χ4v) is 5.08. The van der Waals surface area contributed by atoms with E-state index in [0.717, 1.165) is 67.0 Å². The second kappa shape index (κ2) is 7.85. The van der Waals surface area contributed by atoms with Gasteiger partial charge in [0.1, 0.15) is 22.5 Å². The van der Waals surface area contributed by atoms with Gasteiger partial charge < -0.3 is 9.47 Å². The Bertz CT molecular complexity index is 1790. The Morgan fingerprint density at radius 3 is 1.42 bits per heavy atom. The summed E-state index contributed by atoms with van der Waals surface area (Å²) in [5, 5.41) is 2.10. The Morgan fingerprint density at radius 2 is 0.972 bits per heavy atom. The van der Waals surface area contributed by atoms with E-state index >= 15 is 0 Å². The summed E-state index contributed by atoms with van der Waals surface area (Å²) in [6.07, 6.45) is 0.